The van der Waals surface area contributed by atoms with Gasteiger partial charge in [-0.15, -0.1) is 0 Å². The van der Waals surface area contributed by atoms with Crippen LogP contribution in [0.15, 0.2) is 89.8 Å². The van der Waals surface area contributed by atoms with E-state index in [2.05, 4.69) is 5.32 Å². The van der Waals surface area contributed by atoms with Gasteiger partial charge >= 0.3 is 17.9 Å². The molecule has 0 saturated heterocycles. The Morgan fingerprint density at radius 1 is 0.783 bits per heavy atom. The second-order valence-electron chi connectivity index (χ2n) is 10.6. The van der Waals surface area contributed by atoms with Gasteiger partial charge in [-0.2, -0.15) is 0 Å². The Kier molecular flexibility index (Phi) is 8.33. The largest absolute Gasteiger partial charge is 0.456 e. The first-order valence-electron chi connectivity index (χ1n) is 14.4. The molecular formula is C35H27NO9S. The van der Waals surface area contributed by atoms with Crippen molar-refractivity contribution in [2.75, 3.05) is 6.54 Å². The molecule has 1 N–H and O–H groups in total. The number of fused-ring (bicyclic) bond motifs is 6. The topological polar surface area (TPSA) is 134 Å². The van der Waals surface area contributed by atoms with Gasteiger partial charge in [-0.05, 0) is 55.0 Å². The number of thioether (sulfide) groups is 1. The predicted molar refractivity (Wildman–Crippen MR) is 166 cm³/mol. The molecule has 0 aliphatic carbocycles. The van der Waals surface area contributed by atoms with Gasteiger partial charge in [0.25, 0.3) is 5.91 Å². The lowest BCUT2D eigenvalue weighted by Crippen LogP contribution is -2.33. The quantitative estimate of drug-likeness (QED) is 0.107. The van der Waals surface area contributed by atoms with E-state index in [0.29, 0.717) is 23.1 Å². The van der Waals surface area contributed by atoms with Crippen LogP contribution in [0.3, 0.4) is 0 Å². The zero-order chi connectivity index (χ0) is 32.4. The average Bonchev–Trinajstić information content (AvgIpc) is 3.30. The van der Waals surface area contributed by atoms with Gasteiger partial charge in [0.2, 0.25) is 0 Å². The van der Waals surface area contributed by atoms with Crippen molar-refractivity contribution in [3.05, 3.63) is 113 Å². The van der Waals surface area contributed by atoms with Gasteiger partial charge in [-0.25, -0.2) is 4.79 Å². The van der Waals surface area contributed by atoms with E-state index in [4.69, 9.17) is 18.9 Å². The molecular weight excluding hydrogens is 610 g/mol. The van der Waals surface area contributed by atoms with Crippen molar-refractivity contribution < 1.29 is 42.9 Å². The SMILES string of the molecule is CC(=O)Oc1ccc2c(c1)Oc1cc(OC(C)=O)ccc1C21OC(=O)c2cc(C(=O)NCCCC(=O)Sc3ccccc3)ccc21. The van der Waals surface area contributed by atoms with Crippen molar-refractivity contribution in [1.82, 2.24) is 5.32 Å². The van der Waals surface area contributed by atoms with E-state index in [1.165, 1.54) is 32.0 Å². The number of nitrogens with one attached hydrogen (secondary N) is 1. The summed E-state index contributed by atoms with van der Waals surface area (Å²) in [6.07, 6.45) is 0.747. The van der Waals surface area contributed by atoms with Crippen molar-refractivity contribution in [3.63, 3.8) is 0 Å². The molecule has 232 valence electrons. The van der Waals surface area contributed by atoms with Crippen LogP contribution in [0.25, 0.3) is 0 Å². The number of hydrogen-bond donors (Lipinski definition) is 1. The summed E-state index contributed by atoms with van der Waals surface area (Å²) >= 11 is 1.16. The fraction of sp³-hybridized carbons (Fsp3) is 0.171. The van der Waals surface area contributed by atoms with E-state index in [1.54, 1.807) is 36.4 Å². The van der Waals surface area contributed by atoms with Gasteiger partial charge < -0.3 is 24.3 Å². The van der Waals surface area contributed by atoms with Crippen LogP contribution < -0.4 is 19.5 Å². The maximum absolute atomic E-state index is 13.5. The lowest BCUT2D eigenvalue weighted by molar-refractivity contribution is -0.132. The smallest absolute Gasteiger partial charge is 0.340 e. The number of amides is 1. The van der Waals surface area contributed by atoms with Gasteiger partial charge in [-0.1, -0.05) is 36.0 Å². The second kappa shape index (κ2) is 12.5. The molecule has 46 heavy (non-hydrogen) atoms. The monoisotopic (exact) mass is 637 g/mol. The first-order valence-corrected chi connectivity index (χ1v) is 15.2. The number of carbonyl (C=O) groups is 5. The highest BCUT2D eigenvalue weighted by Gasteiger charge is 2.54. The van der Waals surface area contributed by atoms with Gasteiger partial charge in [-0.3, -0.25) is 19.2 Å². The summed E-state index contributed by atoms with van der Waals surface area (Å²) in [5.74, 6) is -1.14. The van der Waals surface area contributed by atoms with Crippen LogP contribution in [-0.2, 0) is 24.7 Å². The van der Waals surface area contributed by atoms with Crippen LogP contribution in [0, 0.1) is 0 Å². The van der Waals surface area contributed by atoms with E-state index in [-0.39, 0.29) is 52.2 Å². The Bertz CT molecular complexity index is 1840. The van der Waals surface area contributed by atoms with Crippen molar-refractivity contribution in [3.8, 4) is 23.0 Å². The lowest BCUT2D eigenvalue weighted by atomic mass is 9.77. The molecule has 0 atom stereocenters. The fourth-order valence-electron chi connectivity index (χ4n) is 5.50. The Labute approximate surface area is 268 Å². The maximum atomic E-state index is 13.5. The second-order valence-corrected chi connectivity index (χ2v) is 11.7. The third-order valence-corrected chi connectivity index (χ3v) is 8.29. The highest BCUT2D eigenvalue weighted by atomic mass is 32.2. The third-order valence-electron chi connectivity index (χ3n) is 7.35. The maximum Gasteiger partial charge on any atom is 0.340 e. The van der Waals surface area contributed by atoms with Crippen LogP contribution in [0.2, 0.25) is 0 Å². The molecule has 6 rings (SSSR count). The van der Waals surface area contributed by atoms with Crippen molar-refractivity contribution >= 4 is 40.7 Å². The minimum atomic E-state index is -1.47. The van der Waals surface area contributed by atoms with Crippen molar-refractivity contribution in [1.29, 1.82) is 0 Å². The molecule has 10 nitrogen and oxygen atoms in total. The number of ether oxygens (including phenoxy) is 4. The molecule has 11 heteroatoms. The van der Waals surface area contributed by atoms with Crippen LogP contribution in [0.1, 0.15) is 64.1 Å². The minimum absolute atomic E-state index is 0.00278. The zero-order valence-electron chi connectivity index (χ0n) is 24.8. The molecule has 0 fully saturated rings. The molecule has 0 aromatic heterocycles. The molecule has 2 aliphatic rings. The third kappa shape index (κ3) is 5.96. The minimum Gasteiger partial charge on any atom is -0.456 e. The van der Waals surface area contributed by atoms with Gasteiger partial charge in [0.15, 0.2) is 10.7 Å². The summed E-state index contributed by atoms with van der Waals surface area (Å²) in [6, 6.07) is 23.6. The van der Waals surface area contributed by atoms with Gasteiger partial charge in [0.1, 0.15) is 23.0 Å². The van der Waals surface area contributed by atoms with Gasteiger partial charge in [0, 0.05) is 66.1 Å². The normalized spacial score (nSPS) is 13.4. The van der Waals surface area contributed by atoms with Crippen LogP contribution in [0.5, 0.6) is 23.0 Å². The van der Waals surface area contributed by atoms with E-state index in [1.807, 2.05) is 30.3 Å². The number of rotatable bonds is 8. The summed E-state index contributed by atoms with van der Waals surface area (Å²) in [7, 11) is 0. The predicted octanol–water partition coefficient (Wildman–Crippen LogP) is 5.93. The average molecular weight is 638 g/mol. The first kappa shape index (κ1) is 30.6. The highest BCUT2D eigenvalue weighted by Crippen LogP contribution is 2.57. The number of esters is 3. The fourth-order valence-corrected chi connectivity index (χ4v) is 6.30. The van der Waals surface area contributed by atoms with Crippen LogP contribution in [-0.4, -0.2) is 35.5 Å². The van der Waals surface area contributed by atoms with Crippen molar-refractivity contribution in [2.45, 2.75) is 37.2 Å². The Morgan fingerprint density at radius 3 is 2.00 bits per heavy atom. The molecule has 1 amide bonds. The first-order chi connectivity index (χ1) is 22.1. The Balaban J connectivity index is 1.27. The Hall–Kier alpha value is -5.42. The van der Waals surface area contributed by atoms with Crippen LogP contribution in [0.4, 0.5) is 0 Å². The lowest BCUT2D eigenvalue weighted by Gasteiger charge is -2.36. The van der Waals surface area contributed by atoms with Crippen molar-refractivity contribution in [2.24, 2.45) is 0 Å². The summed E-state index contributed by atoms with van der Waals surface area (Å²) < 4.78 is 22.8. The number of carbonyl (C=O) groups excluding carboxylic acids is 5. The molecule has 2 aliphatic heterocycles. The van der Waals surface area contributed by atoms with Gasteiger partial charge in [0.05, 0.1) is 5.56 Å². The molecule has 1 spiro atoms. The molecule has 4 aromatic carbocycles. The number of benzene rings is 4. The summed E-state index contributed by atoms with van der Waals surface area (Å²) in [5.41, 5.74) is 0.389. The zero-order valence-corrected chi connectivity index (χ0v) is 25.6. The standard InChI is InChI=1S/C35H27NO9S/c1-20(37)42-23-11-14-28-30(18-23)44-31-19-24(43-21(2)38)12-15-29(31)35(28)27-13-10-22(17-26(27)34(41)45-35)33(40)36-16-6-9-32(39)46-25-7-4-3-5-8-25/h3-5,7-8,10-15,17-19H,6,9,16H2,1-2H3,(H,36,40). The van der Waals surface area contributed by atoms with E-state index >= 15 is 0 Å². The molecule has 0 unspecified atom stereocenters. The van der Waals surface area contributed by atoms with Crippen LogP contribution >= 0.6 is 11.8 Å². The summed E-state index contributed by atoms with van der Waals surface area (Å²) in [4.78, 5) is 62.9. The molecule has 4 aromatic rings. The highest BCUT2D eigenvalue weighted by molar-refractivity contribution is 8.13. The Morgan fingerprint density at radius 2 is 1.39 bits per heavy atom. The molecule has 0 saturated carbocycles. The molecule has 0 bridgehead atoms. The van der Waals surface area contributed by atoms with E-state index in [9.17, 15) is 24.0 Å². The molecule has 2 heterocycles. The van der Waals surface area contributed by atoms with E-state index in [0.717, 1.165) is 16.7 Å². The van der Waals surface area contributed by atoms with E-state index < -0.39 is 29.4 Å². The number of hydrogen-bond acceptors (Lipinski definition) is 10. The summed E-state index contributed by atoms with van der Waals surface area (Å²) in [6.45, 7) is 2.82. The molecule has 0 radical (unpaired) electrons. The summed E-state index contributed by atoms with van der Waals surface area (Å²) in [5, 5.41) is 2.82.